The molecule has 2 fully saturated rings. The van der Waals surface area contributed by atoms with Gasteiger partial charge in [0.1, 0.15) is 18.3 Å². The fraction of sp³-hybridized carbons (Fsp3) is 0.481. The predicted molar refractivity (Wildman–Crippen MR) is 158 cm³/mol. The first kappa shape index (κ1) is 30.2. The van der Waals surface area contributed by atoms with Gasteiger partial charge in [0.2, 0.25) is 11.7 Å². The quantitative estimate of drug-likeness (QED) is 0.149. The van der Waals surface area contributed by atoms with Crippen molar-refractivity contribution >= 4 is 43.2 Å². The first-order valence-electron chi connectivity index (χ1n) is 13.9. The maximum absolute atomic E-state index is 13.7. The van der Waals surface area contributed by atoms with Crippen LogP contribution in [0.5, 0.6) is 0 Å². The monoisotopic (exact) mass is 632 g/mol. The molecule has 5 unspecified atom stereocenters. The van der Waals surface area contributed by atoms with Crippen molar-refractivity contribution in [1.29, 1.82) is 0 Å². The van der Waals surface area contributed by atoms with Crippen LogP contribution in [0.1, 0.15) is 33.4 Å². The lowest BCUT2D eigenvalue weighted by Gasteiger charge is -2.27. The van der Waals surface area contributed by atoms with E-state index in [1.165, 1.54) is 8.97 Å². The van der Waals surface area contributed by atoms with Crippen LogP contribution in [-0.2, 0) is 23.3 Å². The molecule has 2 aliphatic heterocycles. The topological polar surface area (TPSA) is 174 Å². The summed E-state index contributed by atoms with van der Waals surface area (Å²) < 4.78 is 25.3. The Balaban J connectivity index is 1.33. The number of rotatable bonds is 10. The van der Waals surface area contributed by atoms with Crippen molar-refractivity contribution in [3.63, 3.8) is 0 Å². The number of carbonyl (C=O) groups excluding carboxylic acids is 1. The highest BCUT2D eigenvalue weighted by atomic mass is 32.2. The normalized spacial score (nSPS) is 24.1. The third kappa shape index (κ3) is 6.08. The number of nitrogens with one attached hydrogen (secondary N) is 2. The molecule has 0 spiro atoms. The Bertz CT molecular complexity index is 1680. The van der Waals surface area contributed by atoms with Gasteiger partial charge in [-0.05, 0) is 32.8 Å². The number of thioether (sulfide) groups is 1. The van der Waals surface area contributed by atoms with Gasteiger partial charge in [-0.2, -0.15) is 4.98 Å². The number of H-pyrrole nitrogens is 1. The molecule has 0 bridgehead atoms. The van der Waals surface area contributed by atoms with E-state index in [9.17, 15) is 19.6 Å². The molecule has 0 radical (unpaired) electrons. The van der Waals surface area contributed by atoms with Crippen LogP contribution in [0.25, 0.3) is 28.2 Å². The maximum atomic E-state index is 13.7. The molecule has 5 atom stereocenters. The highest BCUT2D eigenvalue weighted by molar-refractivity contribution is 7.99. The van der Waals surface area contributed by atoms with Gasteiger partial charge in [-0.1, -0.05) is 42.1 Å². The number of aromatic nitrogens is 5. The average Bonchev–Trinajstić information content (AvgIpc) is 3.66. The molecule has 6 rings (SSSR count). The van der Waals surface area contributed by atoms with Gasteiger partial charge >= 0.3 is 8.60 Å². The molecule has 43 heavy (non-hydrogen) atoms. The largest absolute Gasteiger partial charge is 0.386 e. The summed E-state index contributed by atoms with van der Waals surface area (Å²) in [5, 5.41) is 14.4. The third-order valence-electron chi connectivity index (χ3n) is 7.35. The van der Waals surface area contributed by atoms with E-state index in [1.54, 1.807) is 6.20 Å². The van der Waals surface area contributed by atoms with Crippen LogP contribution in [-0.4, -0.2) is 89.3 Å². The van der Waals surface area contributed by atoms with Crippen LogP contribution >= 0.6 is 20.4 Å². The van der Waals surface area contributed by atoms with E-state index in [1.807, 2.05) is 51.1 Å². The zero-order valence-electron chi connectivity index (χ0n) is 23.8. The van der Waals surface area contributed by atoms with Crippen LogP contribution < -0.4 is 10.9 Å². The summed E-state index contributed by atoms with van der Waals surface area (Å²) in [5.74, 6) is 0.0314. The molecule has 4 aromatic rings. The second-order valence-electron chi connectivity index (χ2n) is 10.8. The first-order chi connectivity index (χ1) is 20.6. The molecule has 3 aromatic heterocycles. The van der Waals surface area contributed by atoms with E-state index in [0.717, 1.165) is 17.3 Å². The van der Waals surface area contributed by atoms with E-state index >= 15 is 0 Å². The van der Waals surface area contributed by atoms with E-state index in [-0.39, 0.29) is 46.0 Å². The van der Waals surface area contributed by atoms with Crippen LogP contribution in [0.4, 0.5) is 0 Å². The van der Waals surface area contributed by atoms with E-state index in [2.05, 4.69) is 15.3 Å². The second-order valence-corrected chi connectivity index (χ2v) is 12.7. The number of carbonyl (C=O) groups is 1. The van der Waals surface area contributed by atoms with Gasteiger partial charge in [0.25, 0.3) is 5.56 Å². The van der Waals surface area contributed by atoms with Crippen LogP contribution in [0.2, 0.25) is 0 Å². The third-order valence-corrected chi connectivity index (χ3v) is 9.09. The Morgan fingerprint density at radius 2 is 2.09 bits per heavy atom. The predicted octanol–water partition coefficient (Wildman–Crippen LogP) is 2.35. The lowest BCUT2D eigenvalue weighted by molar-refractivity contribution is -0.118. The smallest absolute Gasteiger partial charge is 0.330 e. The number of nitrogens with zero attached hydrogens (tertiary/aromatic N) is 4. The number of fused-ring (bicyclic) bond motifs is 3. The number of hydrogen-bond acceptors (Lipinski definition) is 11. The number of amides is 1. The van der Waals surface area contributed by atoms with Crippen molar-refractivity contribution in [3.8, 4) is 11.3 Å². The van der Waals surface area contributed by atoms with Crippen molar-refractivity contribution in [2.24, 2.45) is 0 Å². The van der Waals surface area contributed by atoms with Crippen molar-refractivity contribution in [3.05, 3.63) is 46.9 Å². The first-order valence-corrected chi connectivity index (χ1v) is 16.0. The number of aliphatic hydroxyl groups excluding tert-OH is 1. The number of benzene rings is 1. The Morgan fingerprint density at radius 1 is 1.30 bits per heavy atom. The Kier molecular flexibility index (Phi) is 8.59. The fourth-order valence-corrected chi connectivity index (χ4v) is 6.87. The maximum Gasteiger partial charge on any atom is 0.330 e. The Morgan fingerprint density at radius 3 is 2.86 bits per heavy atom. The van der Waals surface area contributed by atoms with Crippen LogP contribution in [0.15, 0.2) is 46.5 Å². The number of hydrogen-bond donors (Lipinski definition) is 4. The molecular formula is C27H33N6O8PS. The number of aliphatic hydroxyl groups is 1. The van der Waals surface area contributed by atoms with Crippen molar-refractivity contribution in [2.45, 2.75) is 62.5 Å². The van der Waals surface area contributed by atoms with Gasteiger partial charge in [0.05, 0.1) is 23.7 Å². The average molecular weight is 633 g/mol. The van der Waals surface area contributed by atoms with Gasteiger partial charge in [-0.3, -0.25) is 14.2 Å². The van der Waals surface area contributed by atoms with Gasteiger partial charge in [0.15, 0.2) is 22.5 Å². The standard InChI is InChI=1S/C27H33N6O8PS/c1-4-38-27(2,3)10-11-28-18(34)14-43-26-30-19-22(33(26)24-20(35)21-17(40-24)13-39-42(37)41-21)31-25-29-16(12-32(25)23(19)36)15-8-6-5-7-9-15/h5-9,12,17,20-21,24,35,37H,4,10-11,13-14H2,1-3H3,(H,28,34)(H,29,31). The SMILES string of the molecule is CCOC(C)(C)CCNC(=O)CSc1nc2c(=O)n3cc(-c4ccccc4)[nH]c3nc2n1C1OC2COP(O)OC2C1O. The van der Waals surface area contributed by atoms with E-state index < -0.39 is 38.7 Å². The molecule has 1 aromatic carbocycles. The molecule has 0 saturated carbocycles. The lowest BCUT2D eigenvalue weighted by Crippen LogP contribution is -2.38. The summed E-state index contributed by atoms with van der Waals surface area (Å²) in [7, 11) is -2.16. The van der Waals surface area contributed by atoms with Gasteiger partial charge in [0, 0.05) is 19.3 Å². The Hall–Kier alpha value is -2.88. The van der Waals surface area contributed by atoms with Crippen molar-refractivity contribution in [2.75, 3.05) is 25.5 Å². The number of imidazole rings is 2. The summed E-state index contributed by atoms with van der Waals surface area (Å²) in [6.45, 7) is 6.89. The highest BCUT2D eigenvalue weighted by Crippen LogP contribution is 2.47. The molecule has 2 aliphatic rings. The molecule has 1 amide bonds. The number of ether oxygens (including phenoxy) is 2. The molecule has 0 aliphatic carbocycles. The van der Waals surface area contributed by atoms with E-state index in [0.29, 0.717) is 25.3 Å². The summed E-state index contributed by atoms with van der Waals surface area (Å²) in [4.78, 5) is 48.8. The second kappa shape index (κ2) is 12.3. The van der Waals surface area contributed by atoms with Gasteiger partial charge in [-0.25, -0.2) is 9.38 Å². The van der Waals surface area contributed by atoms with Gasteiger partial charge < -0.3 is 38.8 Å². The molecule has 5 heterocycles. The summed E-state index contributed by atoms with van der Waals surface area (Å²) in [6.07, 6.45) is -1.54. The summed E-state index contributed by atoms with van der Waals surface area (Å²) in [6, 6.07) is 9.51. The van der Waals surface area contributed by atoms with Crippen molar-refractivity contribution < 1.29 is 33.3 Å². The van der Waals surface area contributed by atoms with Crippen molar-refractivity contribution in [1.82, 2.24) is 29.2 Å². The van der Waals surface area contributed by atoms with Crippen LogP contribution in [0, 0.1) is 0 Å². The lowest BCUT2D eigenvalue weighted by atomic mass is 10.1. The molecule has 4 N–H and O–H groups in total. The minimum Gasteiger partial charge on any atom is -0.386 e. The summed E-state index contributed by atoms with van der Waals surface area (Å²) >= 11 is 1.09. The number of aromatic amines is 1. The molecule has 16 heteroatoms. The Labute approximate surface area is 251 Å². The van der Waals surface area contributed by atoms with E-state index in [4.69, 9.17) is 23.5 Å². The molecule has 230 valence electrons. The van der Waals surface area contributed by atoms with Crippen LogP contribution in [0.3, 0.4) is 0 Å². The molecular weight excluding hydrogens is 599 g/mol. The summed E-state index contributed by atoms with van der Waals surface area (Å²) in [5.41, 5.74) is 0.981. The fourth-order valence-electron chi connectivity index (χ4n) is 5.22. The van der Waals surface area contributed by atoms with Gasteiger partial charge in [-0.15, -0.1) is 0 Å². The molecule has 14 nitrogen and oxygen atoms in total. The molecule has 2 saturated heterocycles. The minimum absolute atomic E-state index is 0.00698. The zero-order chi connectivity index (χ0) is 30.3. The zero-order valence-corrected chi connectivity index (χ0v) is 25.5. The highest BCUT2D eigenvalue weighted by Gasteiger charge is 2.50. The minimum atomic E-state index is -2.16.